The van der Waals surface area contributed by atoms with E-state index in [0.717, 1.165) is 45.4 Å². The highest BCUT2D eigenvalue weighted by Gasteiger charge is 2.46. The first-order chi connectivity index (χ1) is 14.2. The Morgan fingerprint density at radius 1 is 0.933 bits per heavy atom. The van der Waals surface area contributed by atoms with Crippen LogP contribution in [0, 0.1) is 5.92 Å². The van der Waals surface area contributed by atoms with Crippen molar-refractivity contribution < 1.29 is 34.8 Å². The molecule has 0 radical (unpaired) electrons. The van der Waals surface area contributed by atoms with Gasteiger partial charge in [0.1, 0.15) is 5.92 Å². The lowest BCUT2D eigenvalue weighted by Gasteiger charge is -2.24. The smallest absolute Gasteiger partial charge is 0.314 e. The molecule has 0 spiro atoms. The minimum atomic E-state index is -2.64. The van der Waals surface area contributed by atoms with Crippen molar-refractivity contribution in [1.82, 2.24) is 0 Å². The van der Waals surface area contributed by atoms with Crippen LogP contribution < -0.4 is 0 Å². The molecule has 174 valence electrons. The number of unbranched alkanes of at least 4 members (excludes halogenated alkanes) is 7. The second-order valence-corrected chi connectivity index (χ2v) is 8.03. The molecule has 0 amide bonds. The number of allylic oxidation sites excluding steroid dienone is 1. The van der Waals surface area contributed by atoms with Gasteiger partial charge in [0, 0.05) is 0 Å². The van der Waals surface area contributed by atoms with Crippen LogP contribution in [0.3, 0.4) is 0 Å². The van der Waals surface area contributed by atoms with Crippen LogP contribution in [-0.2, 0) is 14.4 Å². The van der Waals surface area contributed by atoms with Crippen molar-refractivity contribution in [1.29, 1.82) is 0 Å². The molecule has 0 saturated heterocycles. The first kappa shape index (κ1) is 28.4. The second kappa shape index (κ2) is 16.2. The van der Waals surface area contributed by atoms with Gasteiger partial charge in [0.25, 0.3) is 0 Å². The highest BCUT2D eigenvalue weighted by atomic mass is 16.4. The second-order valence-electron chi connectivity index (χ2n) is 8.03. The maximum atomic E-state index is 12.2. The van der Waals surface area contributed by atoms with E-state index < -0.39 is 35.7 Å². The predicted octanol–water partition coefficient (Wildman–Crippen LogP) is 3.19. The first-order valence-electron chi connectivity index (χ1n) is 11.1. The summed E-state index contributed by atoms with van der Waals surface area (Å²) < 4.78 is 0. The number of carbonyl (C=O) groups excluding carboxylic acids is 2. The van der Waals surface area contributed by atoms with Gasteiger partial charge < -0.3 is 20.4 Å². The summed E-state index contributed by atoms with van der Waals surface area (Å²) in [5.74, 6) is -5.02. The largest absolute Gasteiger partial charge is 0.481 e. The number of aliphatic carboxylic acids is 1. The average Bonchev–Trinajstić information content (AvgIpc) is 2.71. The number of Topliss-reactive ketones (excluding diaryl/α,β-unsaturated/α-hetero) is 2. The minimum absolute atomic E-state index is 0.0177. The summed E-state index contributed by atoms with van der Waals surface area (Å²) in [6, 6.07) is 0. The lowest BCUT2D eigenvalue weighted by atomic mass is 9.83. The van der Waals surface area contributed by atoms with Crippen LogP contribution in [0.2, 0.25) is 0 Å². The van der Waals surface area contributed by atoms with Gasteiger partial charge in [-0.25, -0.2) is 0 Å². The average molecular weight is 429 g/mol. The summed E-state index contributed by atoms with van der Waals surface area (Å²) in [5, 5.41) is 38.3. The van der Waals surface area contributed by atoms with Crippen LogP contribution in [0.25, 0.3) is 0 Å². The van der Waals surface area contributed by atoms with Crippen molar-refractivity contribution in [2.45, 2.75) is 103 Å². The van der Waals surface area contributed by atoms with Gasteiger partial charge in [-0.2, -0.15) is 0 Å². The van der Waals surface area contributed by atoms with Crippen molar-refractivity contribution in [2.24, 2.45) is 5.92 Å². The SMILES string of the molecule is CCCCCC[C@@H](O)C/C=C\CCCCCCC(C(=O)O)C(=O)C(O)(CO)C(C)=O. The van der Waals surface area contributed by atoms with Crippen LogP contribution in [0.1, 0.15) is 90.9 Å². The zero-order valence-electron chi connectivity index (χ0n) is 18.5. The monoisotopic (exact) mass is 428 g/mol. The summed E-state index contributed by atoms with van der Waals surface area (Å²) >= 11 is 0. The quantitative estimate of drug-likeness (QED) is 0.141. The lowest BCUT2D eigenvalue weighted by Crippen LogP contribution is -2.53. The Hall–Kier alpha value is -1.57. The third kappa shape index (κ3) is 11.0. The number of rotatable bonds is 19. The van der Waals surface area contributed by atoms with Crippen LogP contribution in [0.15, 0.2) is 12.2 Å². The van der Waals surface area contributed by atoms with E-state index in [0.29, 0.717) is 12.8 Å². The summed E-state index contributed by atoms with van der Waals surface area (Å²) in [7, 11) is 0. The number of carboxylic acids is 1. The molecule has 3 atom stereocenters. The van der Waals surface area contributed by atoms with E-state index >= 15 is 0 Å². The molecule has 4 N–H and O–H groups in total. The number of hydrogen-bond donors (Lipinski definition) is 4. The lowest BCUT2D eigenvalue weighted by molar-refractivity contribution is -0.161. The zero-order chi connectivity index (χ0) is 23.0. The molecular weight excluding hydrogens is 388 g/mol. The zero-order valence-corrected chi connectivity index (χ0v) is 18.5. The maximum absolute atomic E-state index is 12.2. The Labute approximate surface area is 180 Å². The first-order valence-corrected chi connectivity index (χ1v) is 11.1. The molecule has 0 aliphatic heterocycles. The van der Waals surface area contributed by atoms with Gasteiger partial charge in [0.05, 0.1) is 12.7 Å². The Balaban J connectivity index is 4.08. The van der Waals surface area contributed by atoms with Crippen LogP contribution >= 0.6 is 0 Å². The summed E-state index contributed by atoms with van der Waals surface area (Å²) in [6.07, 6.45) is 13.8. The van der Waals surface area contributed by atoms with Gasteiger partial charge in [0.2, 0.25) is 5.60 Å². The summed E-state index contributed by atoms with van der Waals surface area (Å²) in [6.45, 7) is 1.99. The van der Waals surface area contributed by atoms with Gasteiger partial charge in [-0.15, -0.1) is 0 Å². The van der Waals surface area contributed by atoms with E-state index in [9.17, 15) is 29.7 Å². The van der Waals surface area contributed by atoms with E-state index in [1.165, 1.54) is 19.3 Å². The molecule has 0 fully saturated rings. The van der Waals surface area contributed by atoms with Crippen LogP contribution in [-0.4, -0.2) is 56.3 Å². The third-order valence-corrected chi connectivity index (χ3v) is 5.41. The fraction of sp³-hybridized carbons (Fsp3) is 0.783. The van der Waals surface area contributed by atoms with Crippen LogP contribution in [0.4, 0.5) is 0 Å². The molecule has 0 rings (SSSR count). The molecule has 0 aliphatic rings. The molecule has 0 aliphatic carbocycles. The highest BCUT2D eigenvalue weighted by Crippen LogP contribution is 2.20. The fourth-order valence-electron chi connectivity index (χ4n) is 3.28. The number of aliphatic hydroxyl groups is 3. The molecule has 7 heteroatoms. The molecule has 30 heavy (non-hydrogen) atoms. The van der Waals surface area contributed by atoms with Crippen LogP contribution in [0.5, 0.6) is 0 Å². The van der Waals surface area contributed by atoms with Gasteiger partial charge in [0.15, 0.2) is 11.6 Å². The third-order valence-electron chi connectivity index (χ3n) is 5.41. The Bertz CT molecular complexity index is 544. The topological polar surface area (TPSA) is 132 Å². The molecule has 0 aromatic heterocycles. The van der Waals surface area contributed by atoms with E-state index in [2.05, 4.69) is 6.92 Å². The van der Waals surface area contributed by atoms with Crippen molar-refractivity contribution >= 4 is 17.5 Å². The number of carbonyl (C=O) groups is 3. The predicted molar refractivity (Wildman–Crippen MR) is 115 cm³/mol. The summed E-state index contributed by atoms with van der Waals surface area (Å²) in [5.41, 5.74) is -2.64. The minimum Gasteiger partial charge on any atom is -0.481 e. The Kier molecular flexibility index (Phi) is 15.3. The molecular formula is C23H40O7. The summed E-state index contributed by atoms with van der Waals surface area (Å²) in [4.78, 5) is 35.0. The fourth-order valence-corrected chi connectivity index (χ4v) is 3.28. The highest BCUT2D eigenvalue weighted by molar-refractivity contribution is 6.15. The number of carboxylic acid groups (broad SMARTS) is 1. The molecule has 0 bridgehead atoms. The molecule has 7 nitrogen and oxygen atoms in total. The standard InChI is InChI=1S/C23H40O7/c1-3-4-5-11-14-19(26)15-12-9-7-6-8-10-13-16-20(22(28)29)21(27)23(30,17-24)18(2)25/h9,12,19-20,24,26,30H,3-8,10-11,13-17H2,1-2H3,(H,28,29)/b12-9-/t19-,20?,23?/m1/s1. The molecule has 2 unspecified atom stereocenters. The van der Waals surface area contributed by atoms with Gasteiger partial charge in [-0.3, -0.25) is 14.4 Å². The molecule has 0 saturated carbocycles. The van der Waals surface area contributed by atoms with Gasteiger partial charge in [-0.05, 0) is 39.0 Å². The maximum Gasteiger partial charge on any atom is 0.314 e. The Morgan fingerprint density at radius 2 is 1.53 bits per heavy atom. The van der Waals surface area contributed by atoms with E-state index in [4.69, 9.17) is 5.11 Å². The van der Waals surface area contributed by atoms with Crippen molar-refractivity contribution in [3.8, 4) is 0 Å². The van der Waals surface area contributed by atoms with Crippen molar-refractivity contribution in [3.63, 3.8) is 0 Å². The van der Waals surface area contributed by atoms with Gasteiger partial charge in [-0.1, -0.05) is 64.0 Å². The van der Waals surface area contributed by atoms with E-state index in [-0.39, 0.29) is 12.5 Å². The molecule has 0 aromatic carbocycles. The van der Waals surface area contributed by atoms with Gasteiger partial charge >= 0.3 is 5.97 Å². The Morgan fingerprint density at radius 3 is 2.10 bits per heavy atom. The van der Waals surface area contributed by atoms with Crippen molar-refractivity contribution in [3.05, 3.63) is 12.2 Å². The number of ketones is 2. The normalized spacial score (nSPS) is 15.6. The van der Waals surface area contributed by atoms with E-state index in [1.807, 2.05) is 12.2 Å². The number of aliphatic hydroxyl groups excluding tert-OH is 2. The van der Waals surface area contributed by atoms with Crippen molar-refractivity contribution in [2.75, 3.05) is 6.61 Å². The molecule has 0 heterocycles. The van der Waals surface area contributed by atoms with E-state index in [1.54, 1.807) is 0 Å². The number of hydrogen-bond acceptors (Lipinski definition) is 6. The molecule has 0 aromatic rings.